The van der Waals surface area contributed by atoms with Gasteiger partial charge in [-0.25, -0.2) is 0 Å². The van der Waals surface area contributed by atoms with Gasteiger partial charge in [-0.05, 0) is 18.4 Å². The Labute approximate surface area is 143 Å². The van der Waals surface area contributed by atoms with Gasteiger partial charge in [0.15, 0.2) is 11.5 Å². The molecule has 0 radical (unpaired) electrons. The van der Waals surface area contributed by atoms with Crippen LogP contribution in [-0.2, 0) is 0 Å². The number of nitrogens with zero attached hydrogens (tertiary/aromatic N) is 1. The van der Waals surface area contributed by atoms with E-state index < -0.39 is 10.8 Å². The van der Waals surface area contributed by atoms with Gasteiger partial charge in [-0.2, -0.15) is 0 Å². The molecule has 0 spiro atoms. The Morgan fingerprint density at radius 2 is 1.79 bits per heavy atom. The van der Waals surface area contributed by atoms with E-state index in [4.69, 9.17) is 9.47 Å². The molecule has 0 aromatic heterocycles. The minimum Gasteiger partial charge on any atom is -0.493 e. The van der Waals surface area contributed by atoms with E-state index in [1.165, 1.54) is 38.1 Å². The van der Waals surface area contributed by atoms with E-state index in [9.17, 15) is 14.9 Å². The summed E-state index contributed by atoms with van der Waals surface area (Å²) in [7, 11) is 2.77. The minimum absolute atomic E-state index is 0.103. The molecule has 0 saturated carbocycles. The summed E-state index contributed by atoms with van der Waals surface area (Å²) in [4.78, 5) is 24.1. The van der Waals surface area contributed by atoms with Crippen LogP contribution in [0.15, 0.2) is 41.3 Å². The Bertz CT molecular complexity index is 779. The highest BCUT2D eigenvalue weighted by Crippen LogP contribution is 2.35. The molecular formula is C16H16N2O5S. The lowest BCUT2D eigenvalue weighted by Crippen LogP contribution is -2.15. The Balaban J connectivity index is 2.46. The van der Waals surface area contributed by atoms with E-state index in [1.54, 1.807) is 12.1 Å². The largest absolute Gasteiger partial charge is 0.493 e. The fourth-order valence-corrected chi connectivity index (χ4v) is 2.69. The number of anilines is 1. The molecule has 0 unspecified atom stereocenters. The second kappa shape index (κ2) is 7.69. The average Bonchev–Trinajstić information content (AvgIpc) is 2.60. The number of thioether (sulfide) groups is 1. The number of rotatable bonds is 6. The van der Waals surface area contributed by atoms with Gasteiger partial charge in [0.2, 0.25) is 0 Å². The smallest absolute Gasteiger partial charge is 0.286 e. The van der Waals surface area contributed by atoms with Crippen molar-refractivity contribution < 1.29 is 19.2 Å². The first-order chi connectivity index (χ1) is 11.5. The summed E-state index contributed by atoms with van der Waals surface area (Å²) in [5.41, 5.74) is 0.124. The van der Waals surface area contributed by atoms with Crippen LogP contribution < -0.4 is 14.8 Å². The van der Waals surface area contributed by atoms with Gasteiger partial charge in [0.1, 0.15) is 5.56 Å². The van der Waals surface area contributed by atoms with Crippen LogP contribution in [0.1, 0.15) is 10.4 Å². The fraction of sp³-hybridized carbons (Fsp3) is 0.188. The quantitative estimate of drug-likeness (QED) is 0.487. The molecule has 1 amide bonds. The molecule has 2 aromatic rings. The number of nitro groups is 1. The van der Waals surface area contributed by atoms with Crippen LogP contribution in [0.2, 0.25) is 0 Å². The van der Waals surface area contributed by atoms with E-state index in [0.717, 1.165) is 4.90 Å². The molecule has 0 aliphatic heterocycles. The number of benzene rings is 2. The number of ether oxygens (including phenoxy) is 2. The standard InChI is InChI=1S/C16H16N2O5S/c1-22-13-8-10(12(18(20)21)9-14(13)23-2)16(19)17-11-6-4-5-7-15(11)24-3/h4-9H,1-3H3,(H,17,19). The maximum absolute atomic E-state index is 12.6. The van der Waals surface area contributed by atoms with Crippen LogP contribution in [0, 0.1) is 10.1 Å². The molecule has 2 rings (SSSR count). The maximum atomic E-state index is 12.6. The molecule has 8 heteroatoms. The van der Waals surface area contributed by atoms with Gasteiger partial charge >= 0.3 is 0 Å². The monoisotopic (exact) mass is 348 g/mol. The predicted octanol–water partition coefficient (Wildman–Crippen LogP) is 3.59. The van der Waals surface area contributed by atoms with Crippen LogP contribution in [0.4, 0.5) is 11.4 Å². The van der Waals surface area contributed by atoms with Crippen LogP contribution in [0.3, 0.4) is 0 Å². The van der Waals surface area contributed by atoms with Crippen molar-refractivity contribution in [1.29, 1.82) is 0 Å². The van der Waals surface area contributed by atoms with Crippen LogP contribution in [0.25, 0.3) is 0 Å². The van der Waals surface area contributed by atoms with E-state index in [1.807, 2.05) is 18.4 Å². The first-order valence-electron chi connectivity index (χ1n) is 6.86. The third-order valence-electron chi connectivity index (χ3n) is 3.30. The Hall–Kier alpha value is -2.74. The zero-order valence-corrected chi connectivity index (χ0v) is 14.2. The zero-order chi connectivity index (χ0) is 17.7. The van der Waals surface area contributed by atoms with Crippen molar-refractivity contribution in [2.45, 2.75) is 4.90 Å². The molecule has 0 saturated heterocycles. The van der Waals surface area contributed by atoms with Crippen LogP contribution in [-0.4, -0.2) is 31.3 Å². The van der Waals surface area contributed by atoms with E-state index in [2.05, 4.69) is 5.32 Å². The van der Waals surface area contributed by atoms with Crippen molar-refractivity contribution in [3.05, 3.63) is 52.1 Å². The second-order valence-electron chi connectivity index (χ2n) is 4.64. The number of hydrogen-bond acceptors (Lipinski definition) is 6. The number of carbonyl (C=O) groups excluding carboxylic acids is 1. The molecule has 2 aromatic carbocycles. The molecule has 0 fully saturated rings. The summed E-state index contributed by atoms with van der Waals surface area (Å²) in [6.07, 6.45) is 1.88. The Morgan fingerprint density at radius 1 is 1.17 bits per heavy atom. The number of hydrogen-bond donors (Lipinski definition) is 1. The van der Waals surface area contributed by atoms with Gasteiger partial charge in [-0.3, -0.25) is 14.9 Å². The van der Waals surface area contributed by atoms with E-state index >= 15 is 0 Å². The number of amides is 1. The van der Waals surface area contributed by atoms with Crippen molar-refractivity contribution in [2.75, 3.05) is 25.8 Å². The third-order valence-corrected chi connectivity index (χ3v) is 4.09. The number of nitro benzene ring substituents is 1. The average molecular weight is 348 g/mol. The van der Waals surface area contributed by atoms with Crippen LogP contribution in [0.5, 0.6) is 11.5 Å². The van der Waals surface area contributed by atoms with Crippen molar-refractivity contribution in [3.8, 4) is 11.5 Å². The summed E-state index contributed by atoms with van der Waals surface area (Å²) < 4.78 is 10.2. The first kappa shape index (κ1) is 17.6. The number of carbonyl (C=O) groups is 1. The van der Waals surface area contributed by atoms with Gasteiger partial charge in [-0.1, -0.05) is 12.1 Å². The predicted molar refractivity (Wildman–Crippen MR) is 92.4 cm³/mol. The molecule has 7 nitrogen and oxygen atoms in total. The van der Waals surface area contributed by atoms with Crippen LogP contribution >= 0.6 is 11.8 Å². The molecule has 0 aliphatic rings. The van der Waals surface area contributed by atoms with Crippen molar-refractivity contribution >= 4 is 29.0 Å². The number of para-hydroxylation sites is 1. The Kier molecular flexibility index (Phi) is 5.64. The van der Waals surface area contributed by atoms with Gasteiger partial charge < -0.3 is 14.8 Å². The minimum atomic E-state index is -0.628. The fourth-order valence-electron chi connectivity index (χ4n) is 2.14. The summed E-state index contributed by atoms with van der Waals surface area (Å²) in [6, 6.07) is 9.68. The molecule has 0 atom stereocenters. The molecular weight excluding hydrogens is 332 g/mol. The molecule has 0 heterocycles. The molecule has 0 bridgehead atoms. The summed E-state index contributed by atoms with van der Waals surface area (Å²) in [6.45, 7) is 0. The molecule has 1 N–H and O–H groups in total. The summed E-state index contributed by atoms with van der Waals surface area (Å²) in [5, 5.41) is 14.0. The summed E-state index contributed by atoms with van der Waals surface area (Å²) in [5.74, 6) is -0.166. The number of nitrogens with one attached hydrogen (secondary N) is 1. The molecule has 126 valence electrons. The Morgan fingerprint density at radius 3 is 2.38 bits per heavy atom. The van der Waals surface area contributed by atoms with Crippen molar-refractivity contribution in [3.63, 3.8) is 0 Å². The third kappa shape index (κ3) is 3.60. The summed E-state index contributed by atoms with van der Waals surface area (Å²) >= 11 is 1.46. The molecule has 24 heavy (non-hydrogen) atoms. The van der Waals surface area contributed by atoms with Gasteiger partial charge in [0, 0.05) is 11.0 Å². The normalized spacial score (nSPS) is 10.1. The van der Waals surface area contributed by atoms with Gasteiger partial charge in [-0.15, -0.1) is 11.8 Å². The van der Waals surface area contributed by atoms with Gasteiger partial charge in [0.25, 0.3) is 11.6 Å². The van der Waals surface area contributed by atoms with Gasteiger partial charge in [0.05, 0.1) is 30.9 Å². The first-order valence-corrected chi connectivity index (χ1v) is 8.09. The highest BCUT2D eigenvalue weighted by atomic mass is 32.2. The molecule has 0 aliphatic carbocycles. The lowest BCUT2D eigenvalue weighted by molar-refractivity contribution is -0.385. The van der Waals surface area contributed by atoms with E-state index in [0.29, 0.717) is 5.69 Å². The topological polar surface area (TPSA) is 90.7 Å². The number of methoxy groups -OCH3 is 2. The second-order valence-corrected chi connectivity index (χ2v) is 5.48. The lowest BCUT2D eigenvalue weighted by atomic mass is 10.1. The highest BCUT2D eigenvalue weighted by molar-refractivity contribution is 7.98. The maximum Gasteiger partial charge on any atom is 0.286 e. The SMILES string of the molecule is COc1cc(C(=O)Nc2ccccc2SC)c([N+](=O)[O-])cc1OC. The lowest BCUT2D eigenvalue weighted by Gasteiger charge is -2.12. The van der Waals surface area contributed by atoms with Crippen molar-refractivity contribution in [1.82, 2.24) is 0 Å². The zero-order valence-electron chi connectivity index (χ0n) is 13.4. The highest BCUT2D eigenvalue weighted by Gasteiger charge is 2.25. The van der Waals surface area contributed by atoms with Crippen molar-refractivity contribution in [2.24, 2.45) is 0 Å². The van der Waals surface area contributed by atoms with E-state index in [-0.39, 0.29) is 22.7 Å².